The van der Waals surface area contributed by atoms with Crippen molar-refractivity contribution in [2.45, 2.75) is 13.8 Å². The van der Waals surface area contributed by atoms with Gasteiger partial charge in [0.25, 0.3) is 0 Å². The summed E-state index contributed by atoms with van der Waals surface area (Å²) >= 11 is 1.46. The zero-order valence-corrected chi connectivity index (χ0v) is 17.5. The van der Waals surface area contributed by atoms with E-state index in [4.69, 9.17) is 15.1 Å². The highest BCUT2D eigenvalue weighted by molar-refractivity contribution is 7.13. The fourth-order valence-corrected chi connectivity index (χ4v) is 4.41. The van der Waals surface area contributed by atoms with Crippen LogP contribution in [0.5, 0.6) is 0 Å². The average Bonchev–Trinajstić information content (AvgIpc) is 3.27. The molecule has 7 heteroatoms. The molecular weight excluding hydrogens is 398 g/mol. The molecule has 0 spiro atoms. The second-order valence-corrected chi connectivity index (χ2v) is 8.02. The lowest BCUT2D eigenvalue weighted by Crippen LogP contribution is -2.26. The highest BCUT2D eigenvalue weighted by Crippen LogP contribution is 2.36. The Morgan fingerprint density at radius 2 is 2.00 bits per heavy atom. The minimum Gasteiger partial charge on any atom is -0.510 e. The fourth-order valence-electron chi connectivity index (χ4n) is 3.41. The number of nitrogens with one attached hydrogen (secondary N) is 1. The molecule has 1 aliphatic heterocycles. The Kier molecular flexibility index (Phi) is 5.37. The van der Waals surface area contributed by atoms with Crippen LogP contribution in [-0.4, -0.2) is 35.0 Å². The molecule has 0 unspecified atom stereocenters. The lowest BCUT2D eigenvalue weighted by atomic mass is 10.1. The molecule has 2 heterocycles. The lowest BCUT2D eigenvalue weighted by Gasteiger charge is -2.19. The molecule has 2 N–H and O–H groups in total. The summed E-state index contributed by atoms with van der Waals surface area (Å²) < 4.78 is 5.06. The van der Waals surface area contributed by atoms with Crippen LogP contribution < -0.4 is 4.90 Å². The number of hydrogen-bond donors (Lipinski definition) is 2. The van der Waals surface area contributed by atoms with Crippen molar-refractivity contribution in [3.05, 3.63) is 75.8 Å². The number of thiazole rings is 1. The smallest absolute Gasteiger partial charge is 0.338 e. The molecule has 2 aromatic carbocycles. The van der Waals surface area contributed by atoms with E-state index in [0.717, 1.165) is 16.1 Å². The maximum absolute atomic E-state index is 12.1. The topological polar surface area (TPSA) is 86.5 Å². The predicted octanol–water partition coefficient (Wildman–Crippen LogP) is 5.06. The zero-order valence-electron chi connectivity index (χ0n) is 16.7. The number of carbonyl (C=O) groups is 1. The number of carbonyl (C=O) groups excluding carboxylic acids is 1. The molecule has 152 valence electrons. The van der Waals surface area contributed by atoms with Crippen LogP contribution in [0.4, 0.5) is 5.69 Å². The van der Waals surface area contributed by atoms with Crippen LogP contribution in [0.1, 0.15) is 27.2 Å². The first-order valence-corrected chi connectivity index (χ1v) is 10.4. The number of hydrogen-bond acceptors (Lipinski definition) is 6. The molecule has 3 aromatic rings. The number of esters is 1. The van der Waals surface area contributed by atoms with Crippen molar-refractivity contribution in [1.29, 1.82) is 5.41 Å². The molecule has 0 aliphatic carbocycles. The van der Waals surface area contributed by atoms with Gasteiger partial charge < -0.3 is 14.7 Å². The third kappa shape index (κ3) is 3.59. The minimum atomic E-state index is -0.412. The molecular formula is C23H21N3O3S. The number of rotatable bonds is 5. The number of aromatic nitrogens is 1. The standard InChI is InChI=1S/C23H21N3O3S/c1-3-29-23(28)16-10-7-11-17(12-16)26-13-18(27)19(21(26)24)22-25-20(14(2)30-22)15-8-5-4-6-9-15/h4-12,24,27H,3,13H2,1-2H3. The number of nitrogens with zero attached hydrogens (tertiary/aromatic N) is 2. The monoisotopic (exact) mass is 419 g/mol. The molecule has 0 saturated heterocycles. The molecule has 6 nitrogen and oxygen atoms in total. The van der Waals surface area contributed by atoms with E-state index in [1.165, 1.54) is 11.3 Å². The van der Waals surface area contributed by atoms with Crippen molar-refractivity contribution in [1.82, 2.24) is 4.98 Å². The van der Waals surface area contributed by atoms with E-state index in [1.54, 1.807) is 36.1 Å². The van der Waals surface area contributed by atoms with Crippen LogP contribution in [0.3, 0.4) is 0 Å². The highest BCUT2D eigenvalue weighted by Gasteiger charge is 2.32. The maximum Gasteiger partial charge on any atom is 0.338 e. The van der Waals surface area contributed by atoms with Gasteiger partial charge in [0.05, 0.1) is 30.0 Å². The van der Waals surface area contributed by atoms with E-state index >= 15 is 0 Å². The van der Waals surface area contributed by atoms with E-state index in [2.05, 4.69) is 0 Å². The summed E-state index contributed by atoms with van der Waals surface area (Å²) in [6.45, 7) is 4.19. The van der Waals surface area contributed by atoms with E-state index < -0.39 is 5.97 Å². The average molecular weight is 420 g/mol. The van der Waals surface area contributed by atoms with Gasteiger partial charge in [-0.1, -0.05) is 36.4 Å². The lowest BCUT2D eigenvalue weighted by molar-refractivity contribution is 0.0526. The quantitative estimate of drug-likeness (QED) is 0.565. The van der Waals surface area contributed by atoms with Gasteiger partial charge >= 0.3 is 5.97 Å². The number of benzene rings is 2. The number of ether oxygens (including phenoxy) is 1. The Bertz CT molecular complexity index is 1150. The number of aliphatic hydroxyl groups excluding tert-OH is 1. The Labute approximate surface area is 178 Å². The van der Waals surface area contributed by atoms with Gasteiger partial charge in [-0.3, -0.25) is 5.41 Å². The van der Waals surface area contributed by atoms with Gasteiger partial charge in [0.15, 0.2) is 0 Å². The van der Waals surface area contributed by atoms with Crippen LogP contribution in [0.25, 0.3) is 16.8 Å². The third-order valence-corrected chi connectivity index (χ3v) is 5.82. The fraction of sp³-hybridized carbons (Fsp3) is 0.174. The molecule has 0 fully saturated rings. The first-order valence-electron chi connectivity index (χ1n) is 9.58. The number of anilines is 1. The van der Waals surface area contributed by atoms with E-state index in [1.807, 2.05) is 37.3 Å². The number of aliphatic hydroxyl groups is 1. The van der Waals surface area contributed by atoms with Crippen LogP contribution in [-0.2, 0) is 4.74 Å². The molecule has 0 saturated carbocycles. The minimum absolute atomic E-state index is 0.0925. The van der Waals surface area contributed by atoms with Gasteiger partial charge in [-0.2, -0.15) is 0 Å². The number of aryl methyl sites for hydroxylation is 1. The SMILES string of the molecule is CCOC(=O)c1cccc(N2CC(O)=C(c3nc(-c4ccccc4)c(C)s3)C2=N)c1. The summed E-state index contributed by atoms with van der Waals surface area (Å²) in [7, 11) is 0. The van der Waals surface area contributed by atoms with Gasteiger partial charge in [0.2, 0.25) is 0 Å². The summed E-state index contributed by atoms with van der Waals surface area (Å²) in [6, 6.07) is 16.7. The van der Waals surface area contributed by atoms with Crippen LogP contribution in [0.15, 0.2) is 60.4 Å². The number of amidine groups is 1. The summed E-state index contributed by atoms with van der Waals surface area (Å²) in [5.41, 5.74) is 3.33. The predicted molar refractivity (Wildman–Crippen MR) is 119 cm³/mol. The van der Waals surface area contributed by atoms with Crippen LogP contribution in [0, 0.1) is 12.3 Å². The first kappa shape index (κ1) is 19.8. The van der Waals surface area contributed by atoms with Gasteiger partial charge in [0.1, 0.15) is 16.6 Å². The Morgan fingerprint density at radius 1 is 1.23 bits per heavy atom. The normalized spacial score (nSPS) is 13.8. The van der Waals surface area contributed by atoms with E-state index in [9.17, 15) is 9.90 Å². The van der Waals surface area contributed by atoms with E-state index in [0.29, 0.717) is 28.4 Å². The molecule has 1 aromatic heterocycles. The zero-order chi connectivity index (χ0) is 21.3. The Morgan fingerprint density at radius 3 is 2.73 bits per heavy atom. The van der Waals surface area contributed by atoms with Crippen molar-refractivity contribution < 1.29 is 14.6 Å². The van der Waals surface area contributed by atoms with Crippen molar-refractivity contribution in [3.8, 4) is 11.3 Å². The van der Waals surface area contributed by atoms with Gasteiger partial charge in [-0.25, -0.2) is 9.78 Å². The van der Waals surface area contributed by atoms with Crippen molar-refractivity contribution >= 4 is 34.4 Å². The molecule has 0 atom stereocenters. The Balaban J connectivity index is 1.64. The molecule has 0 radical (unpaired) electrons. The van der Waals surface area contributed by atoms with Crippen LogP contribution in [0.2, 0.25) is 0 Å². The summed E-state index contributed by atoms with van der Waals surface area (Å²) in [5, 5.41) is 19.9. The summed E-state index contributed by atoms with van der Waals surface area (Å²) in [5.74, 6) is -0.165. The molecule has 1 aliphatic rings. The van der Waals surface area contributed by atoms with Crippen LogP contribution >= 0.6 is 11.3 Å². The highest BCUT2D eigenvalue weighted by atomic mass is 32.1. The molecule has 0 amide bonds. The third-order valence-electron chi connectivity index (χ3n) is 4.83. The molecule has 0 bridgehead atoms. The largest absolute Gasteiger partial charge is 0.510 e. The summed E-state index contributed by atoms with van der Waals surface area (Å²) in [4.78, 5) is 19.5. The molecule has 30 heavy (non-hydrogen) atoms. The maximum atomic E-state index is 12.1. The Hall–Kier alpha value is -3.45. The van der Waals surface area contributed by atoms with Gasteiger partial charge in [-0.15, -0.1) is 11.3 Å². The second kappa shape index (κ2) is 8.12. The van der Waals surface area contributed by atoms with Crippen molar-refractivity contribution in [3.63, 3.8) is 0 Å². The second-order valence-electron chi connectivity index (χ2n) is 6.82. The molecule has 4 rings (SSSR count). The van der Waals surface area contributed by atoms with Gasteiger partial charge in [-0.05, 0) is 32.0 Å². The van der Waals surface area contributed by atoms with E-state index in [-0.39, 0.29) is 18.1 Å². The van der Waals surface area contributed by atoms with Crippen molar-refractivity contribution in [2.24, 2.45) is 0 Å². The van der Waals surface area contributed by atoms with Gasteiger partial charge in [0, 0.05) is 16.1 Å². The first-order chi connectivity index (χ1) is 14.5. The van der Waals surface area contributed by atoms with Crippen molar-refractivity contribution in [2.75, 3.05) is 18.1 Å². The summed E-state index contributed by atoms with van der Waals surface area (Å²) in [6.07, 6.45) is 0.